The molecule has 0 spiro atoms. The van der Waals surface area contributed by atoms with Crippen LogP contribution in [0.1, 0.15) is 0 Å². The summed E-state index contributed by atoms with van der Waals surface area (Å²) in [6, 6.07) is 4.29. The van der Waals surface area contributed by atoms with Crippen molar-refractivity contribution in [2.75, 3.05) is 50.1 Å². The topological polar surface area (TPSA) is 69.6 Å². The Balaban J connectivity index is 1.76. The number of nitrogens with zero attached hydrogens (tertiary/aromatic N) is 5. The highest BCUT2D eigenvalue weighted by molar-refractivity contribution is 7.89. The summed E-state index contributed by atoms with van der Waals surface area (Å²) in [5.41, 5.74) is 0.881. The number of rotatable bonds is 4. The molecule has 26 heavy (non-hydrogen) atoms. The van der Waals surface area contributed by atoms with E-state index in [4.69, 9.17) is 0 Å². The fourth-order valence-corrected chi connectivity index (χ4v) is 4.21. The van der Waals surface area contributed by atoms with Gasteiger partial charge >= 0.3 is 0 Å². The summed E-state index contributed by atoms with van der Waals surface area (Å²) in [5, 5.41) is 8.05. The first-order valence-corrected chi connectivity index (χ1v) is 9.43. The third-order valence-electron chi connectivity index (χ3n) is 4.22. The van der Waals surface area contributed by atoms with Crippen LogP contribution in [0.25, 0.3) is 0 Å². The molecule has 0 saturated carbocycles. The van der Waals surface area contributed by atoms with Gasteiger partial charge in [0.15, 0.2) is 5.82 Å². The molecule has 0 N–H and O–H groups in total. The number of sulfonamides is 1. The Kier molecular flexibility index (Phi) is 5.05. The van der Waals surface area contributed by atoms with Crippen LogP contribution in [-0.4, -0.2) is 63.2 Å². The molecule has 3 rings (SSSR count). The Bertz CT molecular complexity index is 899. The zero-order valence-corrected chi connectivity index (χ0v) is 15.2. The van der Waals surface area contributed by atoms with Crippen LogP contribution in [0.3, 0.4) is 0 Å². The van der Waals surface area contributed by atoms with Crippen molar-refractivity contribution in [2.24, 2.45) is 0 Å². The van der Waals surface area contributed by atoms with Gasteiger partial charge in [-0.2, -0.15) is 9.40 Å². The number of hydrogen-bond acceptors (Lipinski definition) is 6. The third kappa shape index (κ3) is 3.61. The minimum atomic E-state index is -4.10. The Morgan fingerprint density at radius 2 is 1.77 bits per heavy atom. The number of anilines is 2. The minimum Gasteiger partial charge on any atom is -0.376 e. The monoisotopic (exact) mass is 383 g/mol. The van der Waals surface area contributed by atoms with Crippen LogP contribution in [-0.2, 0) is 10.0 Å². The van der Waals surface area contributed by atoms with E-state index in [9.17, 15) is 17.2 Å². The van der Waals surface area contributed by atoms with Crippen molar-refractivity contribution in [3.8, 4) is 0 Å². The first kappa shape index (κ1) is 18.5. The van der Waals surface area contributed by atoms with Crippen molar-refractivity contribution in [1.82, 2.24) is 14.5 Å². The first-order chi connectivity index (χ1) is 12.3. The molecule has 140 valence electrons. The fraction of sp³-hybridized carbons (Fsp3) is 0.375. The summed E-state index contributed by atoms with van der Waals surface area (Å²) in [7, 11) is -0.320. The molecule has 1 aliphatic heterocycles. The SMILES string of the molecule is CN(C)c1cnnc(N2CCN(S(=O)(=O)c3cc(F)ccc3F)CC2)c1. The van der Waals surface area contributed by atoms with Crippen molar-refractivity contribution in [1.29, 1.82) is 0 Å². The van der Waals surface area contributed by atoms with Crippen LogP contribution < -0.4 is 9.80 Å². The van der Waals surface area contributed by atoms with Crippen LogP contribution in [0.15, 0.2) is 35.4 Å². The molecule has 0 unspecified atom stereocenters. The summed E-state index contributed by atoms with van der Waals surface area (Å²) >= 11 is 0. The van der Waals surface area contributed by atoms with Crippen molar-refractivity contribution >= 4 is 21.5 Å². The molecular formula is C16H19F2N5O2S. The smallest absolute Gasteiger partial charge is 0.246 e. The molecule has 7 nitrogen and oxygen atoms in total. The van der Waals surface area contributed by atoms with E-state index >= 15 is 0 Å². The van der Waals surface area contributed by atoms with Crippen molar-refractivity contribution in [3.63, 3.8) is 0 Å². The van der Waals surface area contributed by atoms with Crippen LogP contribution >= 0.6 is 0 Å². The molecule has 1 aromatic carbocycles. The molecule has 0 atom stereocenters. The zero-order chi connectivity index (χ0) is 18.9. The van der Waals surface area contributed by atoms with Gasteiger partial charge in [0.25, 0.3) is 0 Å². The summed E-state index contributed by atoms with van der Waals surface area (Å²) < 4.78 is 53.6. The average Bonchev–Trinajstić information content (AvgIpc) is 2.64. The number of halogens is 2. The van der Waals surface area contributed by atoms with E-state index in [0.29, 0.717) is 25.0 Å². The highest BCUT2D eigenvalue weighted by Gasteiger charge is 2.31. The zero-order valence-electron chi connectivity index (χ0n) is 14.4. The molecule has 0 radical (unpaired) electrons. The molecule has 10 heteroatoms. The number of benzene rings is 1. The lowest BCUT2D eigenvalue weighted by molar-refractivity contribution is 0.380. The highest BCUT2D eigenvalue weighted by Crippen LogP contribution is 2.24. The lowest BCUT2D eigenvalue weighted by Gasteiger charge is -2.34. The third-order valence-corrected chi connectivity index (χ3v) is 6.13. The van der Waals surface area contributed by atoms with Gasteiger partial charge in [-0.15, -0.1) is 5.10 Å². The van der Waals surface area contributed by atoms with E-state index in [2.05, 4.69) is 10.2 Å². The highest BCUT2D eigenvalue weighted by atomic mass is 32.2. The van der Waals surface area contributed by atoms with Crippen LogP contribution in [0, 0.1) is 11.6 Å². The van der Waals surface area contributed by atoms with Gasteiger partial charge in [-0.05, 0) is 18.2 Å². The van der Waals surface area contributed by atoms with Crippen LogP contribution in [0.4, 0.5) is 20.3 Å². The molecule has 2 aromatic rings. The fourth-order valence-electron chi connectivity index (χ4n) is 2.72. The van der Waals surface area contributed by atoms with Gasteiger partial charge in [0.05, 0.1) is 11.9 Å². The minimum absolute atomic E-state index is 0.145. The number of aromatic nitrogens is 2. The van der Waals surface area contributed by atoms with Gasteiger partial charge in [0.2, 0.25) is 10.0 Å². The van der Waals surface area contributed by atoms with E-state index in [0.717, 1.165) is 22.1 Å². The lowest BCUT2D eigenvalue weighted by Crippen LogP contribution is -2.49. The molecule has 0 bridgehead atoms. The molecule has 2 heterocycles. The second-order valence-corrected chi connectivity index (χ2v) is 8.04. The van der Waals surface area contributed by atoms with Crippen LogP contribution in [0.2, 0.25) is 0 Å². The molecular weight excluding hydrogens is 364 g/mol. The Morgan fingerprint density at radius 1 is 1.08 bits per heavy atom. The van der Waals surface area contributed by atoms with Gasteiger partial charge in [0, 0.05) is 46.3 Å². The second kappa shape index (κ2) is 7.12. The van der Waals surface area contributed by atoms with E-state index < -0.39 is 26.6 Å². The Morgan fingerprint density at radius 3 is 2.42 bits per heavy atom. The Labute approximate surface area is 150 Å². The summed E-state index contributed by atoms with van der Waals surface area (Å²) in [6.07, 6.45) is 1.64. The molecule has 1 aromatic heterocycles. The van der Waals surface area contributed by atoms with Gasteiger partial charge in [-0.3, -0.25) is 0 Å². The van der Waals surface area contributed by atoms with Gasteiger partial charge < -0.3 is 9.80 Å². The largest absolute Gasteiger partial charge is 0.376 e. The average molecular weight is 383 g/mol. The standard InChI is InChI=1S/C16H19F2N5O2S/c1-21(2)13-10-16(20-19-11-13)22-5-7-23(8-6-22)26(24,25)15-9-12(17)3-4-14(15)18/h3-4,9-11H,5-8H2,1-2H3. The lowest BCUT2D eigenvalue weighted by atomic mass is 10.3. The maximum Gasteiger partial charge on any atom is 0.246 e. The van der Waals surface area contributed by atoms with E-state index in [1.165, 1.54) is 0 Å². The Hall–Kier alpha value is -2.33. The van der Waals surface area contributed by atoms with Gasteiger partial charge in [0.1, 0.15) is 16.5 Å². The normalized spacial score (nSPS) is 15.9. The van der Waals surface area contributed by atoms with Crippen molar-refractivity contribution in [3.05, 3.63) is 42.1 Å². The molecule has 0 amide bonds. The van der Waals surface area contributed by atoms with Gasteiger partial charge in [-0.1, -0.05) is 0 Å². The quantitative estimate of drug-likeness (QED) is 0.794. The van der Waals surface area contributed by atoms with E-state index in [1.54, 1.807) is 6.20 Å². The maximum absolute atomic E-state index is 13.9. The molecule has 1 saturated heterocycles. The summed E-state index contributed by atoms with van der Waals surface area (Å²) in [6.45, 7) is 1.04. The number of hydrogen-bond donors (Lipinski definition) is 0. The first-order valence-electron chi connectivity index (χ1n) is 7.99. The number of piperazine rings is 1. The second-order valence-electron chi connectivity index (χ2n) is 6.13. The molecule has 1 aliphatic rings. The predicted octanol–water partition coefficient (Wildman–Crippen LogP) is 1.33. The maximum atomic E-state index is 13.9. The predicted molar refractivity (Wildman–Crippen MR) is 93.7 cm³/mol. The van der Waals surface area contributed by atoms with Crippen molar-refractivity contribution in [2.45, 2.75) is 4.90 Å². The van der Waals surface area contributed by atoms with Gasteiger partial charge in [-0.25, -0.2) is 17.2 Å². The summed E-state index contributed by atoms with van der Waals surface area (Å²) in [4.78, 5) is 3.17. The molecule has 1 fully saturated rings. The van der Waals surface area contributed by atoms with E-state index in [1.807, 2.05) is 30.0 Å². The molecule has 0 aliphatic carbocycles. The van der Waals surface area contributed by atoms with Crippen molar-refractivity contribution < 1.29 is 17.2 Å². The summed E-state index contributed by atoms with van der Waals surface area (Å²) in [5.74, 6) is -1.11. The van der Waals surface area contributed by atoms with E-state index in [-0.39, 0.29) is 13.1 Å². The van der Waals surface area contributed by atoms with Crippen LogP contribution in [0.5, 0.6) is 0 Å².